The van der Waals surface area contributed by atoms with Gasteiger partial charge >= 0.3 is 0 Å². The summed E-state index contributed by atoms with van der Waals surface area (Å²) in [6, 6.07) is 2.11. The van der Waals surface area contributed by atoms with Gasteiger partial charge in [-0.2, -0.15) is 4.98 Å². The number of aryl methyl sites for hydroxylation is 2. The number of amides is 1. The lowest BCUT2D eigenvalue weighted by Crippen LogP contribution is -2.40. The summed E-state index contributed by atoms with van der Waals surface area (Å²) in [4.78, 5) is 21.1. The Bertz CT molecular complexity index is 768. The third-order valence-electron chi connectivity index (χ3n) is 5.62. The molecular formula is C17H23N5O. The fraction of sp³-hybridized carbons (Fsp3) is 0.647. The summed E-state index contributed by atoms with van der Waals surface area (Å²) < 4.78 is 1.63. The quantitative estimate of drug-likeness (QED) is 0.943. The molecule has 6 nitrogen and oxygen atoms in total. The van der Waals surface area contributed by atoms with E-state index in [0.29, 0.717) is 11.7 Å². The van der Waals surface area contributed by atoms with Crippen molar-refractivity contribution in [1.29, 1.82) is 0 Å². The number of rotatable bonds is 3. The van der Waals surface area contributed by atoms with E-state index in [-0.39, 0.29) is 17.8 Å². The Labute approximate surface area is 135 Å². The molecule has 23 heavy (non-hydrogen) atoms. The maximum atomic E-state index is 12.5. The van der Waals surface area contributed by atoms with Gasteiger partial charge in [-0.3, -0.25) is 4.79 Å². The van der Waals surface area contributed by atoms with Gasteiger partial charge in [0.25, 0.3) is 11.7 Å². The molecule has 0 saturated heterocycles. The molecule has 2 aromatic rings. The predicted octanol–water partition coefficient (Wildman–Crippen LogP) is 2.30. The summed E-state index contributed by atoms with van der Waals surface area (Å²) in [5, 5.41) is 7.42. The van der Waals surface area contributed by atoms with Crippen molar-refractivity contribution in [1.82, 2.24) is 24.9 Å². The highest BCUT2D eigenvalue weighted by atomic mass is 16.2. The Hall–Kier alpha value is -1.98. The van der Waals surface area contributed by atoms with Crippen LogP contribution in [0.5, 0.6) is 0 Å². The Balaban J connectivity index is 1.51. The summed E-state index contributed by atoms with van der Waals surface area (Å²) in [6.07, 6.45) is 5.30. The van der Waals surface area contributed by atoms with Crippen LogP contribution in [0.25, 0.3) is 5.78 Å². The molecule has 1 N–H and O–H groups in total. The molecular weight excluding hydrogens is 290 g/mol. The van der Waals surface area contributed by atoms with Crippen molar-refractivity contribution in [2.24, 2.45) is 17.8 Å². The Kier molecular flexibility index (Phi) is 3.36. The first kappa shape index (κ1) is 14.6. The number of carbonyl (C=O) groups is 1. The van der Waals surface area contributed by atoms with Crippen LogP contribution < -0.4 is 5.32 Å². The maximum Gasteiger partial charge on any atom is 0.291 e. The molecule has 4 atom stereocenters. The van der Waals surface area contributed by atoms with Gasteiger partial charge in [-0.1, -0.05) is 6.42 Å². The van der Waals surface area contributed by atoms with Crippen LogP contribution in [0, 0.1) is 31.6 Å². The van der Waals surface area contributed by atoms with Crippen LogP contribution >= 0.6 is 0 Å². The summed E-state index contributed by atoms with van der Waals surface area (Å²) in [7, 11) is 0. The molecule has 122 valence electrons. The highest BCUT2D eigenvalue weighted by molar-refractivity contribution is 5.91. The molecule has 1 amide bonds. The summed E-state index contributed by atoms with van der Waals surface area (Å²) in [6.45, 7) is 5.97. The minimum atomic E-state index is -0.192. The van der Waals surface area contributed by atoms with E-state index in [4.69, 9.17) is 0 Å². The molecule has 0 spiro atoms. The second-order valence-electron chi connectivity index (χ2n) is 7.29. The number of carbonyl (C=O) groups excluding carboxylic acids is 1. The number of hydrogen-bond acceptors (Lipinski definition) is 4. The average molecular weight is 313 g/mol. The lowest BCUT2D eigenvalue weighted by molar-refractivity contribution is 0.0905. The van der Waals surface area contributed by atoms with Crippen LogP contribution in [-0.4, -0.2) is 31.5 Å². The Morgan fingerprint density at radius 1 is 1.30 bits per heavy atom. The Morgan fingerprint density at radius 2 is 2.13 bits per heavy atom. The molecule has 2 aliphatic carbocycles. The van der Waals surface area contributed by atoms with Gasteiger partial charge in [0.05, 0.1) is 0 Å². The molecule has 0 aliphatic heterocycles. The summed E-state index contributed by atoms with van der Waals surface area (Å²) in [5.74, 6) is 2.78. The molecule has 2 bridgehead atoms. The van der Waals surface area contributed by atoms with Crippen LogP contribution in [-0.2, 0) is 0 Å². The molecule has 2 aromatic heterocycles. The van der Waals surface area contributed by atoms with E-state index < -0.39 is 0 Å². The third-order valence-corrected chi connectivity index (χ3v) is 5.62. The predicted molar refractivity (Wildman–Crippen MR) is 86.1 cm³/mol. The van der Waals surface area contributed by atoms with Crippen molar-refractivity contribution in [3.05, 3.63) is 23.3 Å². The minimum absolute atomic E-state index is 0.181. The zero-order valence-electron chi connectivity index (χ0n) is 13.9. The molecule has 0 aromatic carbocycles. The SMILES string of the molecule is Cc1cc(C)n2nc(C(=O)N[C@@H](C)[C@H]3C[C@@H]4CC[C@@H]3C4)nc2n1. The lowest BCUT2D eigenvalue weighted by atomic mass is 9.84. The lowest BCUT2D eigenvalue weighted by Gasteiger charge is -2.28. The first-order chi connectivity index (χ1) is 11.0. The molecule has 2 heterocycles. The Morgan fingerprint density at radius 3 is 2.83 bits per heavy atom. The second kappa shape index (κ2) is 5.28. The van der Waals surface area contributed by atoms with Gasteiger partial charge in [0.15, 0.2) is 0 Å². The molecule has 2 aliphatic rings. The van der Waals surface area contributed by atoms with Gasteiger partial charge in [-0.05, 0) is 63.9 Å². The normalized spacial score (nSPS) is 27.5. The molecule has 2 saturated carbocycles. The van der Waals surface area contributed by atoms with Gasteiger partial charge in [-0.15, -0.1) is 5.10 Å². The molecule has 6 heteroatoms. The maximum absolute atomic E-state index is 12.5. The average Bonchev–Trinajstić information content (AvgIpc) is 3.21. The molecule has 4 rings (SSSR count). The summed E-state index contributed by atoms with van der Waals surface area (Å²) in [5.41, 5.74) is 1.81. The van der Waals surface area contributed by atoms with Crippen molar-refractivity contribution in [2.75, 3.05) is 0 Å². The van der Waals surface area contributed by atoms with Gasteiger partial charge < -0.3 is 5.32 Å². The van der Waals surface area contributed by atoms with E-state index >= 15 is 0 Å². The van der Waals surface area contributed by atoms with E-state index in [1.807, 2.05) is 19.9 Å². The number of nitrogens with zero attached hydrogens (tertiary/aromatic N) is 4. The fourth-order valence-electron chi connectivity index (χ4n) is 4.55. The first-order valence-electron chi connectivity index (χ1n) is 8.53. The minimum Gasteiger partial charge on any atom is -0.347 e. The zero-order chi connectivity index (χ0) is 16.1. The monoisotopic (exact) mass is 313 g/mol. The van der Waals surface area contributed by atoms with Crippen LogP contribution in [0.2, 0.25) is 0 Å². The first-order valence-corrected chi connectivity index (χ1v) is 8.53. The summed E-state index contributed by atoms with van der Waals surface area (Å²) >= 11 is 0. The smallest absolute Gasteiger partial charge is 0.291 e. The molecule has 0 radical (unpaired) electrons. The van der Waals surface area contributed by atoms with Crippen LogP contribution in [0.3, 0.4) is 0 Å². The van der Waals surface area contributed by atoms with Gasteiger partial charge in [0.1, 0.15) is 0 Å². The third kappa shape index (κ3) is 2.50. The van der Waals surface area contributed by atoms with Gasteiger partial charge in [0, 0.05) is 17.4 Å². The number of aromatic nitrogens is 4. The standard InChI is InChI=1S/C17H23N5O/c1-9-6-10(2)22-17(18-9)20-15(21-22)16(23)19-11(3)14-8-12-4-5-13(14)7-12/h6,11-14H,4-5,7-8H2,1-3H3,(H,19,23)/t11-,12+,13+,14+/m0/s1. The van der Waals surface area contributed by atoms with Crippen molar-refractivity contribution in [2.45, 2.75) is 52.5 Å². The van der Waals surface area contributed by atoms with E-state index in [0.717, 1.165) is 23.2 Å². The highest BCUT2D eigenvalue weighted by Crippen LogP contribution is 2.49. The zero-order valence-corrected chi connectivity index (χ0v) is 13.9. The van der Waals surface area contributed by atoms with Crippen LogP contribution in [0.15, 0.2) is 6.07 Å². The fourth-order valence-corrected chi connectivity index (χ4v) is 4.55. The van der Waals surface area contributed by atoms with E-state index in [1.54, 1.807) is 4.52 Å². The molecule has 2 fully saturated rings. The van der Waals surface area contributed by atoms with Crippen molar-refractivity contribution >= 4 is 11.7 Å². The highest BCUT2D eigenvalue weighted by Gasteiger charge is 2.42. The van der Waals surface area contributed by atoms with Gasteiger partial charge in [0.2, 0.25) is 5.82 Å². The van der Waals surface area contributed by atoms with Crippen molar-refractivity contribution in [3.63, 3.8) is 0 Å². The van der Waals surface area contributed by atoms with Crippen LogP contribution in [0.4, 0.5) is 0 Å². The molecule has 0 unspecified atom stereocenters. The van der Waals surface area contributed by atoms with Crippen molar-refractivity contribution in [3.8, 4) is 0 Å². The van der Waals surface area contributed by atoms with Crippen LogP contribution in [0.1, 0.15) is 54.6 Å². The second-order valence-corrected chi connectivity index (χ2v) is 7.29. The number of hydrogen-bond donors (Lipinski definition) is 1. The largest absolute Gasteiger partial charge is 0.347 e. The topological polar surface area (TPSA) is 72.2 Å². The number of fused-ring (bicyclic) bond motifs is 3. The van der Waals surface area contributed by atoms with E-state index in [1.165, 1.54) is 25.7 Å². The number of nitrogens with one attached hydrogen (secondary N) is 1. The van der Waals surface area contributed by atoms with Gasteiger partial charge in [-0.25, -0.2) is 9.50 Å². The van der Waals surface area contributed by atoms with Crippen molar-refractivity contribution < 1.29 is 4.79 Å². The van der Waals surface area contributed by atoms with E-state index in [2.05, 4.69) is 27.3 Å². The van der Waals surface area contributed by atoms with E-state index in [9.17, 15) is 4.79 Å².